The largest absolute Gasteiger partial charge is 0.486 e. The Morgan fingerprint density at radius 3 is 2.77 bits per heavy atom. The van der Waals surface area contributed by atoms with Crippen LogP contribution in [0.25, 0.3) is 10.4 Å². The maximum atomic E-state index is 12.1. The first-order valence-electron chi connectivity index (χ1n) is 9.36. The molecule has 0 fully saturated rings. The van der Waals surface area contributed by atoms with E-state index in [0.29, 0.717) is 34.3 Å². The molecule has 1 unspecified atom stereocenters. The van der Waals surface area contributed by atoms with E-state index in [0.717, 1.165) is 16.0 Å². The Labute approximate surface area is 184 Å². The molecule has 1 amide bonds. The van der Waals surface area contributed by atoms with E-state index in [1.165, 1.54) is 17.4 Å². The standard InChI is InChI=1S/C22H22ClN3O3S/c1-13(27)19-5-6-20(30-19)14-8-15-9-17(29-22(15)18(23)10-14)12-26-21(28)7-4-16(25-3)11-24-2/h4-8,10-11,17H,9,12H2,1-3H3,(H,26,28)/b7-4+,24-11?,25-16?. The summed E-state index contributed by atoms with van der Waals surface area (Å²) in [5, 5.41) is 3.36. The minimum Gasteiger partial charge on any atom is -0.486 e. The lowest BCUT2D eigenvalue weighted by Crippen LogP contribution is -2.33. The summed E-state index contributed by atoms with van der Waals surface area (Å²) in [5.74, 6) is 0.464. The van der Waals surface area contributed by atoms with Gasteiger partial charge in [-0.1, -0.05) is 11.6 Å². The molecule has 30 heavy (non-hydrogen) atoms. The van der Waals surface area contributed by atoms with Gasteiger partial charge < -0.3 is 10.1 Å². The van der Waals surface area contributed by atoms with Crippen molar-refractivity contribution in [2.24, 2.45) is 9.98 Å². The molecule has 1 aliphatic heterocycles. The second kappa shape index (κ2) is 9.82. The van der Waals surface area contributed by atoms with Crippen LogP contribution in [-0.2, 0) is 11.2 Å². The summed E-state index contributed by atoms with van der Waals surface area (Å²) < 4.78 is 5.94. The van der Waals surface area contributed by atoms with Gasteiger partial charge in [0.25, 0.3) is 0 Å². The van der Waals surface area contributed by atoms with Crippen LogP contribution < -0.4 is 10.1 Å². The Balaban J connectivity index is 1.64. The van der Waals surface area contributed by atoms with Crippen molar-refractivity contribution in [1.82, 2.24) is 5.32 Å². The van der Waals surface area contributed by atoms with Gasteiger partial charge in [-0.05, 0) is 42.8 Å². The lowest BCUT2D eigenvalue weighted by Gasteiger charge is -2.11. The van der Waals surface area contributed by atoms with Crippen LogP contribution in [0, 0.1) is 0 Å². The van der Waals surface area contributed by atoms with Crippen LogP contribution in [0.5, 0.6) is 5.75 Å². The van der Waals surface area contributed by atoms with Crippen molar-refractivity contribution >= 4 is 46.6 Å². The maximum Gasteiger partial charge on any atom is 0.244 e. The number of hydrogen-bond acceptors (Lipinski definition) is 6. The summed E-state index contributed by atoms with van der Waals surface area (Å²) in [6.45, 7) is 1.91. The molecule has 2 aromatic rings. The van der Waals surface area contributed by atoms with Gasteiger partial charge in [0.2, 0.25) is 5.91 Å². The van der Waals surface area contributed by atoms with E-state index in [-0.39, 0.29) is 17.8 Å². The van der Waals surface area contributed by atoms with Gasteiger partial charge in [0.1, 0.15) is 11.9 Å². The van der Waals surface area contributed by atoms with Gasteiger partial charge in [0.15, 0.2) is 5.78 Å². The molecule has 1 aromatic carbocycles. The third-order valence-electron chi connectivity index (χ3n) is 4.52. The zero-order valence-corrected chi connectivity index (χ0v) is 18.5. The van der Waals surface area contributed by atoms with Crippen LogP contribution in [0.3, 0.4) is 0 Å². The maximum absolute atomic E-state index is 12.1. The topological polar surface area (TPSA) is 80.1 Å². The number of carbonyl (C=O) groups is 2. The number of halogens is 1. The van der Waals surface area contributed by atoms with Crippen LogP contribution in [0.1, 0.15) is 22.2 Å². The number of allylic oxidation sites excluding steroid dienone is 1. The Hall–Kier alpha value is -2.77. The van der Waals surface area contributed by atoms with Gasteiger partial charge in [-0.3, -0.25) is 19.6 Å². The van der Waals surface area contributed by atoms with Gasteiger partial charge in [-0.2, -0.15) is 0 Å². The number of nitrogens with one attached hydrogen (secondary N) is 1. The Morgan fingerprint density at radius 1 is 1.30 bits per heavy atom. The molecule has 156 valence electrons. The first-order valence-corrected chi connectivity index (χ1v) is 10.6. The molecule has 1 N–H and O–H groups in total. The number of carbonyl (C=O) groups excluding carboxylic acids is 2. The predicted molar refractivity (Wildman–Crippen MR) is 123 cm³/mol. The number of Topliss-reactive ketones (excluding diaryl/α,β-unsaturated/α-hetero) is 1. The number of benzene rings is 1. The van der Waals surface area contributed by atoms with Gasteiger partial charge in [0.05, 0.1) is 22.2 Å². The van der Waals surface area contributed by atoms with Crippen molar-refractivity contribution in [2.45, 2.75) is 19.4 Å². The van der Waals surface area contributed by atoms with Crippen LogP contribution in [0.4, 0.5) is 0 Å². The highest BCUT2D eigenvalue weighted by molar-refractivity contribution is 7.17. The SMILES string of the molecule is CN=CC(/C=C/C(=O)NCC1Cc2cc(-c3ccc(C(C)=O)s3)cc(Cl)c2O1)=NC. The monoisotopic (exact) mass is 443 g/mol. The van der Waals surface area contributed by atoms with Crippen LogP contribution in [0.15, 0.2) is 46.4 Å². The van der Waals surface area contributed by atoms with Crippen LogP contribution >= 0.6 is 22.9 Å². The molecule has 0 radical (unpaired) electrons. The molecular formula is C22H22ClN3O3S. The van der Waals surface area contributed by atoms with Crippen molar-refractivity contribution in [3.63, 3.8) is 0 Å². The van der Waals surface area contributed by atoms with Crippen molar-refractivity contribution in [2.75, 3.05) is 20.6 Å². The zero-order chi connectivity index (χ0) is 21.7. The molecule has 0 aliphatic carbocycles. The molecule has 1 atom stereocenters. The molecular weight excluding hydrogens is 422 g/mol. The smallest absolute Gasteiger partial charge is 0.244 e. The van der Waals surface area contributed by atoms with Crippen molar-refractivity contribution < 1.29 is 14.3 Å². The van der Waals surface area contributed by atoms with E-state index in [2.05, 4.69) is 15.3 Å². The number of fused-ring (bicyclic) bond motifs is 1. The Morgan fingerprint density at radius 2 is 2.10 bits per heavy atom. The molecule has 0 saturated heterocycles. The lowest BCUT2D eigenvalue weighted by molar-refractivity contribution is -0.116. The highest BCUT2D eigenvalue weighted by Gasteiger charge is 2.26. The fourth-order valence-electron chi connectivity index (χ4n) is 3.07. The average molecular weight is 444 g/mol. The summed E-state index contributed by atoms with van der Waals surface area (Å²) in [6, 6.07) is 7.64. The summed E-state index contributed by atoms with van der Waals surface area (Å²) in [4.78, 5) is 33.2. The number of nitrogens with zero attached hydrogens (tertiary/aromatic N) is 2. The number of rotatable bonds is 7. The number of aliphatic imine (C=N–C) groups is 2. The molecule has 3 rings (SSSR count). The quantitative estimate of drug-likeness (QED) is 0.398. The normalized spacial score (nSPS) is 16.1. The highest BCUT2D eigenvalue weighted by Crippen LogP contribution is 2.41. The van der Waals surface area contributed by atoms with E-state index in [4.69, 9.17) is 16.3 Å². The third kappa shape index (κ3) is 5.23. The number of amides is 1. The predicted octanol–water partition coefficient (Wildman–Crippen LogP) is 4.02. The van der Waals surface area contributed by atoms with E-state index in [9.17, 15) is 9.59 Å². The first-order chi connectivity index (χ1) is 14.4. The van der Waals surface area contributed by atoms with Gasteiger partial charge in [-0.25, -0.2) is 0 Å². The molecule has 1 aliphatic rings. The van der Waals surface area contributed by atoms with Gasteiger partial charge in [-0.15, -0.1) is 11.3 Å². The molecule has 0 spiro atoms. The Bertz CT molecular complexity index is 1060. The first kappa shape index (κ1) is 21.9. The highest BCUT2D eigenvalue weighted by atomic mass is 35.5. The molecule has 0 bridgehead atoms. The fourth-order valence-corrected chi connectivity index (χ4v) is 4.24. The van der Waals surface area contributed by atoms with E-state index < -0.39 is 0 Å². The lowest BCUT2D eigenvalue weighted by atomic mass is 10.1. The minimum absolute atomic E-state index is 0.0472. The Kier molecular flexibility index (Phi) is 7.18. The molecule has 1 aromatic heterocycles. The number of ether oxygens (including phenoxy) is 1. The molecule has 6 nitrogen and oxygen atoms in total. The average Bonchev–Trinajstić information content (AvgIpc) is 3.37. The summed E-state index contributed by atoms with van der Waals surface area (Å²) in [5.41, 5.74) is 2.55. The van der Waals surface area contributed by atoms with Gasteiger partial charge >= 0.3 is 0 Å². The number of thiophene rings is 1. The molecule has 0 saturated carbocycles. The molecule has 2 heterocycles. The van der Waals surface area contributed by atoms with Gasteiger partial charge in [0, 0.05) is 43.2 Å². The third-order valence-corrected chi connectivity index (χ3v) is 6.04. The van der Waals surface area contributed by atoms with E-state index in [1.807, 2.05) is 24.3 Å². The van der Waals surface area contributed by atoms with Crippen molar-refractivity contribution in [1.29, 1.82) is 0 Å². The second-order valence-electron chi connectivity index (χ2n) is 6.72. The summed E-state index contributed by atoms with van der Waals surface area (Å²) >= 11 is 7.88. The minimum atomic E-state index is -0.234. The number of hydrogen-bond donors (Lipinski definition) is 1. The summed E-state index contributed by atoms with van der Waals surface area (Å²) in [6.07, 6.45) is 5.04. The van der Waals surface area contributed by atoms with Crippen LogP contribution in [0.2, 0.25) is 5.02 Å². The van der Waals surface area contributed by atoms with Crippen LogP contribution in [-0.4, -0.2) is 50.4 Å². The zero-order valence-electron chi connectivity index (χ0n) is 16.9. The van der Waals surface area contributed by atoms with Crippen molar-refractivity contribution in [3.8, 4) is 16.2 Å². The number of ketones is 1. The fraction of sp³-hybridized carbons (Fsp3) is 0.273. The van der Waals surface area contributed by atoms with E-state index in [1.54, 1.807) is 33.3 Å². The van der Waals surface area contributed by atoms with E-state index >= 15 is 0 Å². The van der Waals surface area contributed by atoms with Crippen molar-refractivity contribution in [3.05, 3.63) is 51.9 Å². The summed E-state index contributed by atoms with van der Waals surface area (Å²) in [7, 11) is 3.28. The molecule has 8 heteroatoms. The second-order valence-corrected chi connectivity index (χ2v) is 8.22.